The van der Waals surface area contributed by atoms with Crippen LogP contribution in [0.3, 0.4) is 0 Å². The number of hydrogen-bond acceptors (Lipinski definition) is 5. The van der Waals surface area contributed by atoms with Crippen LogP contribution >= 0.6 is 0 Å². The minimum atomic E-state index is -1.26. The van der Waals surface area contributed by atoms with Crippen LogP contribution in [-0.4, -0.2) is 57.3 Å². The number of carbonyl (C=O) groups excluding carboxylic acids is 1. The Morgan fingerprint density at radius 2 is 0.672 bits per heavy atom. The fraction of sp³-hybridized carbons (Fsp3) is 0.914. The Labute approximate surface area is 399 Å². The molecule has 6 nitrogen and oxygen atoms in total. The Kier molecular flexibility index (Phi) is 51.8. The third kappa shape index (κ3) is 45.9. The largest absolute Gasteiger partial charge is 0.394 e. The highest BCUT2D eigenvalue weighted by Crippen LogP contribution is 2.18. The zero-order valence-corrected chi connectivity index (χ0v) is 43.0. The van der Waals surface area contributed by atoms with Crippen LogP contribution in [0.15, 0.2) is 24.3 Å². The van der Waals surface area contributed by atoms with E-state index in [1.165, 1.54) is 238 Å². The summed E-state index contributed by atoms with van der Waals surface area (Å²) in [5.74, 6) is -0.580. The predicted octanol–water partition coefficient (Wildman–Crippen LogP) is 16.6. The molecule has 0 radical (unpaired) electrons. The van der Waals surface area contributed by atoms with Gasteiger partial charge in [-0.1, -0.05) is 289 Å². The maximum absolute atomic E-state index is 12.6. The van der Waals surface area contributed by atoms with Crippen molar-refractivity contribution in [2.75, 3.05) is 6.61 Å². The van der Waals surface area contributed by atoms with Gasteiger partial charge in [-0.2, -0.15) is 0 Å². The molecule has 0 saturated heterocycles. The van der Waals surface area contributed by atoms with Crippen LogP contribution in [0.2, 0.25) is 0 Å². The predicted molar refractivity (Wildman–Crippen MR) is 279 cm³/mol. The highest BCUT2D eigenvalue weighted by molar-refractivity contribution is 5.80. The van der Waals surface area contributed by atoms with Crippen molar-refractivity contribution in [3.63, 3.8) is 0 Å². The molecule has 64 heavy (non-hydrogen) atoms. The minimum Gasteiger partial charge on any atom is -0.394 e. The zero-order valence-electron chi connectivity index (χ0n) is 43.0. The topological polar surface area (TPSA) is 110 Å². The maximum Gasteiger partial charge on any atom is 0.249 e. The number of hydrogen-bond donors (Lipinski definition) is 5. The molecule has 0 aromatic rings. The first-order valence-corrected chi connectivity index (χ1v) is 28.7. The molecule has 0 aromatic carbocycles. The van der Waals surface area contributed by atoms with Gasteiger partial charge in [0.05, 0.1) is 18.8 Å². The van der Waals surface area contributed by atoms with Gasteiger partial charge in [-0.05, 0) is 44.9 Å². The smallest absolute Gasteiger partial charge is 0.249 e. The van der Waals surface area contributed by atoms with Gasteiger partial charge in [0.2, 0.25) is 5.91 Å². The van der Waals surface area contributed by atoms with E-state index in [0.29, 0.717) is 12.8 Å². The molecule has 0 heterocycles. The Hall–Kier alpha value is -1.21. The summed E-state index contributed by atoms with van der Waals surface area (Å²) in [6.07, 6.45) is 64.0. The van der Waals surface area contributed by atoms with Crippen LogP contribution < -0.4 is 5.32 Å². The van der Waals surface area contributed by atoms with E-state index in [2.05, 4.69) is 43.5 Å². The first kappa shape index (κ1) is 62.8. The molecule has 0 aromatic heterocycles. The lowest BCUT2D eigenvalue weighted by Gasteiger charge is -2.27. The molecule has 380 valence electrons. The summed E-state index contributed by atoms with van der Waals surface area (Å²) in [4.78, 5) is 12.6. The molecule has 0 spiro atoms. The highest BCUT2D eigenvalue weighted by atomic mass is 16.3. The van der Waals surface area contributed by atoms with Crippen molar-refractivity contribution in [3.8, 4) is 0 Å². The van der Waals surface area contributed by atoms with Crippen LogP contribution in [-0.2, 0) is 4.79 Å². The number of nitrogens with one attached hydrogen (secondary N) is 1. The summed E-state index contributed by atoms with van der Waals surface area (Å²) in [5.41, 5.74) is 0. The molecule has 4 atom stereocenters. The fourth-order valence-corrected chi connectivity index (χ4v) is 9.14. The van der Waals surface area contributed by atoms with Gasteiger partial charge >= 0.3 is 0 Å². The van der Waals surface area contributed by atoms with Gasteiger partial charge in [-0.25, -0.2) is 0 Å². The van der Waals surface area contributed by atoms with Crippen molar-refractivity contribution in [2.45, 2.75) is 334 Å². The second-order valence-electron chi connectivity index (χ2n) is 20.0. The fourth-order valence-electron chi connectivity index (χ4n) is 9.14. The molecule has 0 aliphatic rings. The van der Waals surface area contributed by atoms with E-state index in [1.54, 1.807) is 0 Å². The van der Waals surface area contributed by atoms with E-state index in [1.807, 2.05) is 0 Å². The van der Waals surface area contributed by atoms with Crippen LogP contribution in [0.25, 0.3) is 0 Å². The first-order chi connectivity index (χ1) is 31.5. The van der Waals surface area contributed by atoms with E-state index in [4.69, 9.17) is 0 Å². The van der Waals surface area contributed by atoms with Crippen LogP contribution in [0, 0.1) is 0 Å². The second kappa shape index (κ2) is 52.8. The molecule has 1 amide bonds. The normalized spacial score (nSPS) is 13.9. The molecule has 0 aliphatic heterocycles. The molecule has 5 N–H and O–H groups in total. The summed E-state index contributed by atoms with van der Waals surface area (Å²) in [5, 5.41) is 43.9. The first-order valence-electron chi connectivity index (χ1n) is 28.7. The Morgan fingerprint density at radius 1 is 0.391 bits per heavy atom. The van der Waals surface area contributed by atoms with E-state index >= 15 is 0 Å². The summed E-state index contributed by atoms with van der Waals surface area (Å²) >= 11 is 0. The van der Waals surface area contributed by atoms with Crippen LogP contribution in [0.4, 0.5) is 0 Å². The summed E-state index contributed by atoms with van der Waals surface area (Å²) in [6, 6.07) is -0.983. The number of amides is 1. The van der Waals surface area contributed by atoms with Crippen molar-refractivity contribution in [1.82, 2.24) is 5.32 Å². The molecule has 6 heteroatoms. The number of carbonyl (C=O) groups is 1. The highest BCUT2D eigenvalue weighted by Gasteiger charge is 2.28. The average Bonchev–Trinajstić information content (AvgIpc) is 3.30. The number of allylic oxidation sites excluding steroid dienone is 4. The monoisotopic (exact) mass is 904 g/mol. The van der Waals surface area contributed by atoms with Gasteiger partial charge in [-0.3, -0.25) is 4.79 Å². The number of rotatable bonds is 53. The van der Waals surface area contributed by atoms with E-state index < -0.39 is 36.9 Å². The second-order valence-corrected chi connectivity index (χ2v) is 20.0. The van der Waals surface area contributed by atoms with Gasteiger partial charge in [0.15, 0.2) is 0 Å². The zero-order chi connectivity index (χ0) is 46.7. The number of aliphatic hydroxyl groups excluding tert-OH is 4. The molecule has 0 fully saturated rings. The van der Waals surface area contributed by atoms with Crippen LogP contribution in [0.1, 0.15) is 309 Å². The van der Waals surface area contributed by atoms with Crippen molar-refractivity contribution >= 4 is 5.91 Å². The molecular formula is C58H113NO5. The molecular weight excluding hydrogens is 791 g/mol. The minimum absolute atomic E-state index is 0.372. The number of unbranched alkanes of at least 4 members (excludes halogenated alkanes) is 40. The van der Waals surface area contributed by atoms with Gasteiger partial charge in [-0.15, -0.1) is 0 Å². The summed E-state index contributed by atoms with van der Waals surface area (Å²) in [7, 11) is 0. The van der Waals surface area contributed by atoms with Crippen molar-refractivity contribution in [1.29, 1.82) is 0 Å². The summed E-state index contributed by atoms with van der Waals surface area (Å²) < 4.78 is 0. The Morgan fingerprint density at radius 3 is 0.984 bits per heavy atom. The molecule has 0 bridgehead atoms. The number of aliphatic hydroxyl groups is 4. The third-order valence-corrected chi connectivity index (χ3v) is 13.7. The summed E-state index contributed by atoms with van der Waals surface area (Å²) in [6.45, 7) is 4.08. The lowest BCUT2D eigenvalue weighted by molar-refractivity contribution is -0.132. The molecule has 0 saturated carbocycles. The molecule has 0 rings (SSSR count). The Bertz CT molecular complexity index is 970. The van der Waals surface area contributed by atoms with Crippen molar-refractivity contribution in [2.24, 2.45) is 0 Å². The standard InChI is InChI=1S/C58H113NO5/c1-3-5-7-9-11-13-15-17-19-20-21-22-23-24-25-26-27-28-29-30-31-32-33-34-35-36-37-38-40-42-44-46-48-50-52-56(62)58(64)59-54(53-60)57(63)55(61)51-49-47-45-43-41-39-18-16-14-12-10-8-6-4-2/h23-24,26-27,54-57,60-63H,3-22,25,28-53H2,1-2H3,(H,59,64)/b24-23-,27-26-. The molecule has 0 aliphatic carbocycles. The lowest BCUT2D eigenvalue weighted by atomic mass is 9.99. The van der Waals surface area contributed by atoms with Crippen molar-refractivity contribution in [3.05, 3.63) is 24.3 Å². The lowest BCUT2D eigenvalue weighted by Crippen LogP contribution is -2.53. The average molecular weight is 905 g/mol. The van der Waals surface area contributed by atoms with Gasteiger partial charge in [0.1, 0.15) is 12.2 Å². The quantitative estimate of drug-likeness (QED) is 0.0308. The van der Waals surface area contributed by atoms with Gasteiger partial charge in [0, 0.05) is 0 Å². The van der Waals surface area contributed by atoms with Gasteiger partial charge < -0.3 is 25.7 Å². The van der Waals surface area contributed by atoms with E-state index in [-0.39, 0.29) is 0 Å². The maximum atomic E-state index is 12.6. The third-order valence-electron chi connectivity index (χ3n) is 13.7. The van der Waals surface area contributed by atoms with Gasteiger partial charge in [0.25, 0.3) is 0 Å². The van der Waals surface area contributed by atoms with Crippen LogP contribution in [0.5, 0.6) is 0 Å². The SMILES string of the molecule is CCCCCCCCCCCCC/C=C\C/C=C\CCCCCCCCCCCCCCCCCCC(O)C(=O)NC(CO)C(O)C(O)CCCCCCCCCCCCCCCC. The Balaban J connectivity index is 3.55. The molecule has 4 unspecified atom stereocenters. The van der Waals surface area contributed by atoms with E-state index in [9.17, 15) is 25.2 Å². The van der Waals surface area contributed by atoms with E-state index in [0.717, 1.165) is 44.9 Å². The van der Waals surface area contributed by atoms with Crippen molar-refractivity contribution < 1.29 is 25.2 Å².